The zero-order chi connectivity index (χ0) is 16.4. The third-order valence-corrected chi connectivity index (χ3v) is 5.02. The fourth-order valence-corrected chi connectivity index (χ4v) is 3.23. The molecule has 0 spiro atoms. The third-order valence-electron chi connectivity index (χ3n) is 2.77. The highest BCUT2D eigenvalue weighted by Crippen LogP contribution is 2.31. The fourth-order valence-electron chi connectivity index (χ4n) is 1.59. The van der Waals surface area contributed by atoms with Crippen LogP contribution in [0.4, 0.5) is 5.69 Å². The summed E-state index contributed by atoms with van der Waals surface area (Å²) in [5.41, 5.74) is -0.247. The van der Waals surface area contributed by atoms with Crippen molar-refractivity contribution in [3.05, 3.63) is 32.8 Å². The lowest BCUT2D eigenvalue weighted by Crippen LogP contribution is -2.37. The van der Waals surface area contributed by atoms with E-state index in [0.717, 1.165) is 10.4 Å². The van der Waals surface area contributed by atoms with Crippen molar-refractivity contribution in [2.75, 3.05) is 20.6 Å². The van der Waals surface area contributed by atoms with E-state index in [1.54, 1.807) is 0 Å². The van der Waals surface area contributed by atoms with Crippen LogP contribution in [0.1, 0.15) is 5.56 Å². The summed E-state index contributed by atoms with van der Waals surface area (Å²) in [7, 11) is -1.45. The molecule has 21 heavy (non-hydrogen) atoms. The van der Waals surface area contributed by atoms with Crippen LogP contribution in [-0.4, -0.2) is 44.2 Å². The summed E-state index contributed by atoms with van der Waals surface area (Å²) in [6.45, 7) is 1.07. The van der Waals surface area contributed by atoms with E-state index in [1.165, 1.54) is 27.1 Å². The highest BCUT2D eigenvalue weighted by atomic mass is 35.5. The fraction of sp³-hybridized carbons (Fsp3) is 0.364. The van der Waals surface area contributed by atoms with Crippen LogP contribution in [0.15, 0.2) is 17.0 Å². The first kappa shape index (κ1) is 17.3. The number of carbonyl (C=O) groups excluding carboxylic acids is 1. The molecule has 1 aromatic rings. The summed E-state index contributed by atoms with van der Waals surface area (Å²) in [5.74, 6) is -0.498. The van der Waals surface area contributed by atoms with Crippen LogP contribution in [0.3, 0.4) is 0 Å². The second-order valence-electron chi connectivity index (χ2n) is 4.26. The van der Waals surface area contributed by atoms with Gasteiger partial charge >= 0.3 is 0 Å². The van der Waals surface area contributed by atoms with Crippen LogP contribution in [0.25, 0.3) is 0 Å². The summed E-state index contributed by atoms with van der Waals surface area (Å²) < 4.78 is 25.6. The van der Waals surface area contributed by atoms with Crippen molar-refractivity contribution >= 4 is 33.2 Å². The first-order valence-corrected chi connectivity index (χ1v) is 7.54. The molecule has 0 bridgehead atoms. The summed E-state index contributed by atoms with van der Waals surface area (Å²) in [6, 6.07) is 2.10. The average molecular weight is 336 g/mol. The van der Waals surface area contributed by atoms with Gasteiger partial charge in [0, 0.05) is 20.2 Å². The number of hydrogen-bond donors (Lipinski definition) is 1. The zero-order valence-corrected chi connectivity index (χ0v) is 13.2. The Labute approximate surface area is 126 Å². The Hall–Kier alpha value is -1.71. The van der Waals surface area contributed by atoms with Crippen molar-refractivity contribution in [2.24, 2.45) is 0 Å². The van der Waals surface area contributed by atoms with Crippen LogP contribution in [0.2, 0.25) is 5.02 Å². The summed E-state index contributed by atoms with van der Waals surface area (Å²) in [4.78, 5) is 21.1. The monoisotopic (exact) mass is 335 g/mol. The average Bonchev–Trinajstić information content (AvgIpc) is 2.37. The van der Waals surface area contributed by atoms with E-state index in [-0.39, 0.29) is 15.5 Å². The number of amides is 1. The molecule has 10 heteroatoms. The predicted octanol–water partition coefficient (Wildman–Crippen LogP) is 0.923. The maximum Gasteiger partial charge on any atom is 0.289 e. The molecule has 0 aliphatic heterocycles. The number of carbonyl (C=O) groups is 1. The van der Waals surface area contributed by atoms with Gasteiger partial charge in [0.05, 0.1) is 16.4 Å². The van der Waals surface area contributed by atoms with Crippen LogP contribution in [0.5, 0.6) is 0 Å². The minimum atomic E-state index is -4.04. The number of benzene rings is 1. The molecule has 0 unspecified atom stereocenters. The number of nitro benzene ring substituents is 1. The molecular formula is C11H14ClN3O5S. The lowest BCUT2D eigenvalue weighted by Gasteiger charge is -2.17. The number of sulfonamides is 1. The number of nitro groups is 1. The minimum absolute atomic E-state index is 0.148. The van der Waals surface area contributed by atoms with E-state index >= 15 is 0 Å². The van der Waals surface area contributed by atoms with E-state index in [2.05, 4.69) is 5.32 Å². The Morgan fingerprint density at radius 1 is 1.48 bits per heavy atom. The summed E-state index contributed by atoms with van der Waals surface area (Å²) >= 11 is 5.72. The molecule has 1 rings (SSSR count). The van der Waals surface area contributed by atoms with Gasteiger partial charge in [-0.15, -0.1) is 0 Å². The Bertz CT molecular complexity index is 689. The minimum Gasteiger partial charge on any atom is -0.358 e. The van der Waals surface area contributed by atoms with E-state index in [1.807, 2.05) is 0 Å². The summed E-state index contributed by atoms with van der Waals surface area (Å²) in [5, 5.41) is 13.0. The van der Waals surface area contributed by atoms with Crippen molar-refractivity contribution < 1.29 is 18.1 Å². The van der Waals surface area contributed by atoms with Crippen molar-refractivity contribution in [1.82, 2.24) is 9.62 Å². The highest BCUT2D eigenvalue weighted by Gasteiger charge is 2.28. The quantitative estimate of drug-likeness (QED) is 0.635. The Kier molecular flexibility index (Phi) is 5.26. The number of likely N-dealkylation sites (N-methyl/N-ethyl adjacent to an activating group) is 2. The number of aryl methyl sites for hydroxylation is 1. The van der Waals surface area contributed by atoms with Gasteiger partial charge < -0.3 is 5.32 Å². The first-order chi connectivity index (χ1) is 9.61. The van der Waals surface area contributed by atoms with Gasteiger partial charge in [-0.25, -0.2) is 8.42 Å². The van der Waals surface area contributed by atoms with E-state index in [0.29, 0.717) is 0 Å². The van der Waals surface area contributed by atoms with E-state index in [9.17, 15) is 23.3 Å². The molecule has 8 nitrogen and oxygen atoms in total. The predicted molar refractivity (Wildman–Crippen MR) is 76.7 cm³/mol. The molecule has 0 heterocycles. The number of rotatable bonds is 5. The molecule has 0 aliphatic carbocycles. The SMILES string of the molecule is CNC(=O)CN(C)S(=O)(=O)c1cc([N+](=O)[O-])c(Cl)cc1C. The smallest absolute Gasteiger partial charge is 0.289 e. The Morgan fingerprint density at radius 2 is 2.05 bits per heavy atom. The van der Waals surface area contributed by atoms with Crippen LogP contribution in [-0.2, 0) is 14.8 Å². The lowest BCUT2D eigenvalue weighted by atomic mass is 10.2. The van der Waals surface area contributed by atoms with Crippen LogP contribution < -0.4 is 5.32 Å². The van der Waals surface area contributed by atoms with E-state index < -0.39 is 33.1 Å². The molecule has 0 atom stereocenters. The van der Waals surface area contributed by atoms with Crippen molar-refractivity contribution in [3.63, 3.8) is 0 Å². The third kappa shape index (κ3) is 3.69. The van der Waals surface area contributed by atoms with Crippen molar-refractivity contribution in [3.8, 4) is 0 Å². The largest absolute Gasteiger partial charge is 0.358 e. The van der Waals surface area contributed by atoms with Gasteiger partial charge in [-0.2, -0.15) is 4.31 Å². The highest BCUT2D eigenvalue weighted by molar-refractivity contribution is 7.89. The van der Waals surface area contributed by atoms with Gasteiger partial charge in [0.1, 0.15) is 5.02 Å². The van der Waals surface area contributed by atoms with Gasteiger partial charge in [-0.05, 0) is 18.6 Å². The van der Waals surface area contributed by atoms with Crippen molar-refractivity contribution in [1.29, 1.82) is 0 Å². The molecular weight excluding hydrogens is 322 g/mol. The topological polar surface area (TPSA) is 110 Å². The van der Waals surface area contributed by atoms with Gasteiger partial charge in [-0.1, -0.05) is 11.6 Å². The van der Waals surface area contributed by atoms with Crippen LogP contribution >= 0.6 is 11.6 Å². The molecule has 1 N–H and O–H groups in total. The Morgan fingerprint density at radius 3 is 2.52 bits per heavy atom. The second-order valence-corrected chi connectivity index (χ2v) is 6.68. The lowest BCUT2D eigenvalue weighted by molar-refractivity contribution is -0.384. The zero-order valence-electron chi connectivity index (χ0n) is 11.6. The standard InChI is InChI=1S/C11H14ClN3O5S/c1-7-4-8(12)9(15(17)18)5-10(7)21(19,20)14(3)6-11(16)13-2/h4-5H,6H2,1-3H3,(H,13,16). The number of nitrogens with one attached hydrogen (secondary N) is 1. The van der Waals surface area contributed by atoms with Gasteiger partial charge in [0.25, 0.3) is 5.69 Å². The van der Waals surface area contributed by atoms with Crippen molar-refractivity contribution in [2.45, 2.75) is 11.8 Å². The van der Waals surface area contributed by atoms with Gasteiger partial charge in [-0.3, -0.25) is 14.9 Å². The molecule has 1 amide bonds. The number of hydrogen-bond acceptors (Lipinski definition) is 5. The molecule has 0 saturated heterocycles. The maximum atomic E-state index is 12.4. The molecule has 1 aromatic carbocycles. The Balaban J connectivity index is 3.34. The number of nitrogens with zero attached hydrogens (tertiary/aromatic N) is 2. The van der Waals surface area contributed by atoms with Crippen LogP contribution in [0, 0.1) is 17.0 Å². The molecule has 0 fully saturated rings. The maximum absolute atomic E-state index is 12.4. The van der Waals surface area contributed by atoms with Gasteiger partial charge in [0.15, 0.2) is 0 Å². The molecule has 0 aliphatic rings. The summed E-state index contributed by atoms with van der Waals surface area (Å²) in [6.07, 6.45) is 0. The molecule has 0 radical (unpaired) electrons. The van der Waals surface area contributed by atoms with E-state index in [4.69, 9.17) is 11.6 Å². The first-order valence-electron chi connectivity index (χ1n) is 5.72. The number of halogens is 1. The molecule has 0 saturated carbocycles. The normalized spacial score (nSPS) is 11.5. The van der Waals surface area contributed by atoms with Gasteiger partial charge in [0.2, 0.25) is 15.9 Å². The molecule has 0 aromatic heterocycles. The second kappa shape index (κ2) is 6.37. The molecule has 116 valence electrons.